The van der Waals surface area contributed by atoms with Crippen LogP contribution in [0.5, 0.6) is 0 Å². The van der Waals surface area contributed by atoms with Gasteiger partial charge in [0.15, 0.2) is 6.29 Å². The van der Waals surface area contributed by atoms with Crippen molar-refractivity contribution in [2.45, 2.75) is 326 Å². The zero-order valence-electron chi connectivity index (χ0n) is 47.1. The molecular formula is C62H115NO10. The molecule has 0 aromatic carbocycles. The average molecular weight is 1030 g/mol. The van der Waals surface area contributed by atoms with E-state index in [-0.39, 0.29) is 18.5 Å². The molecule has 0 saturated carbocycles. The van der Waals surface area contributed by atoms with E-state index in [9.17, 15) is 35.1 Å². The molecule has 1 saturated heterocycles. The summed E-state index contributed by atoms with van der Waals surface area (Å²) in [6.45, 7) is 4.31. The molecule has 428 valence electrons. The van der Waals surface area contributed by atoms with E-state index in [1.165, 1.54) is 173 Å². The number of carbonyl (C=O) groups is 2. The van der Waals surface area contributed by atoms with E-state index in [0.717, 1.165) is 83.5 Å². The first-order valence-electron chi connectivity index (χ1n) is 30.8. The lowest BCUT2D eigenvalue weighted by Gasteiger charge is -2.40. The summed E-state index contributed by atoms with van der Waals surface area (Å²) >= 11 is 0. The number of ether oxygens (including phenoxy) is 3. The first kappa shape index (κ1) is 68.9. The van der Waals surface area contributed by atoms with Crippen LogP contribution < -0.4 is 5.32 Å². The lowest BCUT2D eigenvalue weighted by atomic mass is 9.99. The maximum atomic E-state index is 13.0. The molecule has 0 spiro atoms. The Hall–Kier alpha value is -2.12. The van der Waals surface area contributed by atoms with Gasteiger partial charge in [-0.2, -0.15) is 0 Å². The zero-order valence-corrected chi connectivity index (χ0v) is 47.1. The van der Waals surface area contributed by atoms with Crippen molar-refractivity contribution in [3.63, 3.8) is 0 Å². The van der Waals surface area contributed by atoms with Crippen molar-refractivity contribution >= 4 is 11.9 Å². The third kappa shape index (κ3) is 41.7. The van der Waals surface area contributed by atoms with Crippen LogP contribution in [0, 0.1) is 0 Å². The fourth-order valence-electron chi connectivity index (χ4n) is 9.58. The Labute approximate surface area is 447 Å². The Morgan fingerprint density at radius 2 is 0.918 bits per heavy atom. The summed E-state index contributed by atoms with van der Waals surface area (Å²) < 4.78 is 16.7. The number of esters is 1. The second-order valence-corrected chi connectivity index (χ2v) is 21.4. The summed E-state index contributed by atoms with van der Waals surface area (Å²) in [5.74, 6) is -0.198. The van der Waals surface area contributed by atoms with Crippen molar-refractivity contribution < 1.29 is 49.3 Å². The molecule has 1 aliphatic rings. The zero-order chi connectivity index (χ0) is 53.1. The number of aliphatic hydroxyl groups excluding tert-OH is 5. The van der Waals surface area contributed by atoms with Gasteiger partial charge in [0.2, 0.25) is 5.91 Å². The molecule has 0 bridgehead atoms. The van der Waals surface area contributed by atoms with Gasteiger partial charge in [-0.05, 0) is 64.2 Å². The number of carbonyl (C=O) groups excluding carboxylic acids is 2. The second kappa shape index (κ2) is 52.0. The van der Waals surface area contributed by atoms with Crippen LogP contribution in [0.4, 0.5) is 0 Å². The van der Waals surface area contributed by atoms with Crippen LogP contribution >= 0.6 is 0 Å². The maximum absolute atomic E-state index is 13.0. The SMILES string of the molecule is CCCCCCCCC/C=C/C(O)C(COC1OC(CO)C(O)C(O)C1O)NC(=O)CCCCCCCCC/C=C\C/C=C\CCCCCCCCCCCOC(=O)CCCCCCCCCCCCCCC. The molecular weight excluding hydrogens is 919 g/mol. The molecule has 0 aromatic rings. The molecule has 11 heteroatoms. The minimum atomic E-state index is -1.57. The Morgan fingerprint density at radius 1 is 0.507 bits per heavy atom. The largest absolute Gasteiger partial charge is 0.466 e. The lowest BCUT2D eigenvalue weighted by molar-refractivity contribution is -0.302. The normalized spacial score (nSPS) is 19.1. The standard InChI is InChI=1S/C62H115NO10/c1-3-5-7-9-11-13-14-26-30-34-38-42-46-50-58(67)71-51-47-43-39-35-31-28-25-23-21-19-17-15-16-18-20-22-24-27-29-33-37-41-45-49-57(66)63-54(55(65)48-44-40-36-32-12-10-8-6-4-2)53-72-62-61(70)60(69)59(68)56(52-64)73-62/h15,17-18,20,44,48,54-56,59-62,64-65,68-70H,3-14,16,19,21-43,45-47,49-53H2,1-2H3,(H,63,66)/b17-15-,20-18-,48-44+. The molecule has 73 heavy (non-hydrogen) atoms. The number of nitrogens with one attached hydrogen (secondary N) is 1. The number of hydrogen-bond acceptors (Lipinski definition) is 10. The van der Waals surface area contributed by atoms with E-state index in [1.807, 2.05) is 6.08 Å². The van der Waals surface area contributed by atoms with Gasteiger partial charge in [-0.1, -0.05) is 243 Å². The van der Waals surface area contributed by atoms with Crippen LogP contribution in [-0.2, 0) is 23.8 Å². The van der Waals surface area contributed by atoms with Crippen molar-refractivity contribution in [3.8, 4) is 0 Å². The first-order chi connectivity index (χ1) is 35.7. The number of hydrogen-bond donors (Lipinski definition) is 6. The van der Waals surface area contributed by atoms with Crippen LogP contribution in [-0.4, -0.2) is 100 Å². The minimum absolute atomic E-state index is 0.00345. The van der Waals surface area contributed by atoms with E-state index in [2.05, 4.69) is 43.5 Å². The van der Waals surface area contributed by atoms with Crippen LogP contribution in [0.2, 0.25) is 0 Å². The highest BCUT2D eigenvalue weighted by Crippen LogP contribution is 2.23. The summed E-state index contributed by atoms with van der Waals surface area (Å²) in [5, 5.41) is 54.2. The number of allylic oxidation sites excluding steroid dienone is 5. The summed E-state index contributed by atoms with van der Waals surface area (Å²) in [4.78, 5) is 25.0. The number of rotatable bonds is 53. The number of aliphatic hydroxyl groups is 5. The smallest absolute Gasteiger partial charge is 0.305 e. The van der Waals surface area contributed by atoms with Crippen LogP contribution in [0.15, 0.2) is 36.5 Å². The van der Waals surface area contributed by atoms with Gasteiger partial charge in [-0.3, -0.25) is 9.59 Å². The number of amides is 1. The van der Waals surface area contributed by atoms with Crippen LogP contribution in [0.25, 0.3) is 0 Å². The molecule has 7 atom stereocenters. The highest BCUT2D eigenvalue weighted by atomic mass is 16.7. The third-order valence-electron chi connectivity index (χ3n) is 14.5. The van der Waals surface area contributed by atoms with E-state index in [0.29, 0.717) is 19.4 Å². The molecule has 1 heterocycles. The molecule has 11 nitrogen and oxygen atoms in total. The van der Waals surface area contributed by atoms with Gasteiger partial charge in [0.05, 0.1) is 32.0 Å². The van der Waals surface area contributed by atoms with E-state index >= 15 is 0 Å². The predicted octanol–water partition coefficient (Wildman–Crippen LogP) is 14.3. The fourth-order valence-corrected chi connectivity index (χ4v) is 9.58. The summed E-state index contributed by atoms with van der Waals surface area (Å²) in [6, 6.07) is -0.816. The summed E-state index contributed by atoms with van der Waals surface area (Å²) in [6.07, 6.45) is 54.0. The van der Waals surface area contributed by atoms with Crippen molar-refractivity contribution in [3.05, 3.63) is 36.5 Å². The van der Waals surface area contributed by atoms with Gasteiger partial charge in [-0.25, -0.2) is 0 Å². The Bertz CT molecular complexity index is 1310. The van der Waals surface area contributed by atoms with E-state index < -0.39 is 49.5 Å². The van der Waals surface area contributed by atoms with Crippen molar-refractivity contribution in [2.75, 3.05) is 19.8 Å². The quantitative estimate of drug-likeness (QED) is 0.0195. The molecule has 0 aliphatic carbocycles. The summed E-state index contributed by atoms with van der Waals surface area (Å²) in [5.41, 5.74) is 0. The third-order valence-corrected chi connectivity index (χ3v) is 14.5. The van der Waals surface area contributed by atoms with Gasteiger partial charge in [0.1, 0.15) is 24.4 Å². The average Bonchev–Trinajstić information content (AvgIpc) is 3.39. The highest BCUT2D eigenvalue weighted by molar-refractivity contribution is 5.76. The first-order valence-corrected chi connectivity index (χ1v) is 30.8. The minimum Gasteiger partial charge on any atom is -0.466 e. The molecule has 6 N–H and O–H groups in total. The molecule has 0 aromatic heterocycles. The Balaban J connectivity index is 2.02. The lowest BCUT2D eigenvalue weighted by Crippen LogP contribution is -2.60. The Kier molecular flexibility index (Phi) is 49.0. The van der Waals surface area contributed by atoms with E-state index in [1.54, 1.807) is 6.08 Å². The molecule has 1 aliphatic heterocycles. The van der Waals surface area contributed by atoms with Gasteiger partial charge >= 0.3 is 5.97 Å². The maximum Gasteiger partial charge on any atom is 0.305 e. The number of unbranched alkanes of at least 4 members (excludes halogenated alkanes) is 35. The van der Waals surface area contributed by atoms with Gasteiger partial charge in [0.25, 0.3) is 0 Å². The summed E-state index contributed by atoms with van der Waals surface area (Å²) in [7, 11) is 0. The fraction of sp³-hybridized carbons (Fsp3) is 0.871. The predicted molar refractivity (Wildman–Crippen MR) is 301 cm³/mol. The van der Waals surface area contributed by atoms with Gasteiger partial charge in [0, 0.05) is 12.8 Å². The molecule has 7 unspecified atom stereocenters. The second-order valence-electron chi connectivity index (χ2n) is 21.4. The highest BCUT2D eigenvalue weighted by Gasteiger charge is 2.44. The van der Waals surface area contributed by atoms with Crippen LogP contribution in [0.1, 0.15) is 284 Å². The van der Waals surface area contributed by atoms with Crippen molar-refractivity contribution in [1.29, 1.82) is 0 Å². The Morgan fingerprint density at radius 3 is 1.38 bits per heavy atom. The monoisotopic (exact) mass is 1030 g/mol. The van der Waals surface area contributed by atoms with E-state index in [4.69, 9.17) is 14.2 Å². The molecule has 1 rings (SSSR count). The topological polar surface area (TPSA) is 175 Å². The van der Waals surface area contributed by atoms with Crippen molar-refractivity contribution in [1.82, 2.24) is 5.32 Å². The van der Waals surface area contributed by atoms with Crippen molar-refractivity contribution in [2.24, 2.45) is 0 Å². The molecule has 1 amide bonds. The van der Waals surface area contributed by atoms with Gasteiger partial charge < -0.3 is 45.1 Å². The molecule has 1 fully saturated rings. The van der Waals surface area contributed by atoms with Gasteiger partial charge in [-0.15, -0.1) is 0 Å². The molecule has 0 radical (unpaired) electrons. The van der Waals surface area contributed by atoms with Crippen LogP contribution in [0.3, 0.4) is 0 Å².